The van der Waals surface area contributed by atoms with Crippen LogP contribution in [0.1, 0.15) is 0 Å². The zero-order valence-corrected chi connectivity index (χ0v) is 7.21. The van der Waals surface area contributed by atoms with Crippen molar-refractivity contribution in [2.45, 2.75) is 0 Å². The van der Waals surface area contributed by atoms with E-state index in [4.69, 9.17) is 5.84 Å². The maximum absolute atomic E-state index is 4.82. The summed E-state index contributed by atoms with van der Waals surface area (Å²) in [6.45, 7) is 0.816. The average Bonchev–Trinajstić information content (AvgIpc) is 1.61. The van der Waals surface area contributed by atoms with Crippen molar-refractivity contribution in [1.82, 2.24) is 4.90 Å². The lowest BCUT2D eigenvalue weighted by Gasteiger charge is -2.01. The molecule has 3 nitrogen and oxygen atoms in total. The maximum atomic E-state index is 4.82. The molecule has 0 saturated carbocycles. The molecule has 0 bridgehead atoms. The lowest BCUT2D eigenvalue weighted by molar-refractivity contribution is 0.473. The molecule has 0 aromatic carbocycles. The zero-order chi connectivity index (χ0) is 5.70. The van der Waals surface area contributed by atoms with E-state index in [0.29, 0.717) is 0 Å². The van der Waals surface area contributed by atoms with Gasteiger partial charge in [0.2, 0.25) is 0 Å². The molecule has 0 aliphatic heterocycles. The van der Waals surface area contributed by atoms with Crippen molar-refractivity contribution >= 4 is 31.0 Å². The van der Waals surface area contributed by atoms with E-state index in [1.807, 2.05) is 19.0 Å². The van der Waals surface area contributed by atoms with Gasteiger partial charge in [-0.2, -0.15) is 5.10 Å². The summed E-state index contributed by atoms with van der Waals surface area (Å²) in [5.74, 6) is 4.82. The van der Waals surface area contributed by atoms with Gasteiger partial charge in [0.25, 0.3) is 0 Å². The van der Waals surface area contributed by atoms with Crippen molar-refractivity contribution in [1.29, 1.82) is 0 Å². The van der Waals surface area contributed by atoms with Gasteiger partial charge >= 0.3 is 0 Å². The van der Waals surface area contributed by atoms with Crippen LogP contribution in [0.25, 0.3) is 0 Å². The summed E-state index contributed by atoms with van der Waals surface area (Å²) < 4.78 is 0. The van der Waals surface area contributed by atoms with E-state index in [2.05, 4.69) is 5.10 Å². The van der Waals surface area contributed by atoms with Gasteiger partial charge in [-0.25, -0.2) is 0 Å². The number of nitrogens with zero attached hydrogens (tertiary/aromatic N) is 2. The Labute approximate surface area is 68.1 Å². The Kier molecular flexibility index (Phi) is 19.4. The average molecular weight is 174 g/mol. The van der Waals surface area contributed by atoms with E-state index < -0.39 is 0 Å². The number of halogens is 2. The number of hydrogen-bond acceptors (Lipinski definition) is 3. The van der Waals surface area contributed by atoms with E-state index in [0.717, 1.165) is 6.54 Å². The quantitative estimate of drug-likeness (QED) is 0.372. The highest BCUT2D eigenvalue weighted by Gasteiger charge is 1.78. The second-order valence-corrected chi connectivity index (χ2v) is 1.59. The fraction of sp³-hybridized carbons (Fsp3) is 0.750. The molecule has 0 aliphatic carbocycles. The molecule has 0 spiro atoms. The van der Waals surface area contributed by atoms with Crippen LogP contribution in [0.3, 0.4) is 0 Å². The van der Waals surface area contributed by atoms with Crippen molar-refractivity contribution in [3.8, 4) is 0 Å². The molecule has 0 amide bonds. The Morgan fingerprint density at radius 2 is 1.89 bits per heavy atom. The van der Waals surface area contributed by atoms with Gasteiger partial charge in [0.1, 0.15) is 0 Å². The third-order valence-electron chi connectivity index (χ3n) is 0.552. The topological polar surface area (TPSA) is 41.6 Å². The summed E-state index contributed by atoms with van der Waals surface area (Å²) in [6.07, 6.45) is 1.65. The standard InChI is InChI=1S/C4H11N3.2ClH/c1-7(2)4-3-6-5;;/h3H,4-5H2,1-2H3;2*1H. The van der Waals surface area contributed by atoms with Crippen molar-refractivity contribution < 1.29 is 0 Å². The molecule has 0 rings (SSSR count). The van der Waals surface area contributed by atoms with Crippen LogP contribution in [0.15, 0.2) is 5.10 Å². The summed E-state index contributed by atoms with van der Waals surface area (Å²) in [4.78, 5) is 1.98. The van der Waals surface area contributed by atoms with Crippen LogP contribution in [0.4, 0.5) is 0 Å². The monoisotopic (exact) mass is 173 g/mol. The molecule has 0 aromatic heterocycles. The second kappa shape index (κ2) is 10.9. The molecule has 58 valence electrons. The Balaban J connectivity index is -0.000000180. The van der Waals surface area contributed by atoms with Gasteiger partial charge < -0.3 is 10.7 Å². The highest BCUT2D eigenvalue weighted by atomic mass is 35.5. The summed E-state index contributed by atoms with van der Waals surface area (Å²) in [7, 11) is 3.92. The first kappa shape index (κ1) is 16.0. The third-order valence-corrected chi connectivity index (χ3v) is 0.552. The number of hydrazone groups is 1. The molecule has 0 radical (unpaired) electrons. The van der Waals surface area contributed by atoms with Crippen molar-refractivity contribution in [3.63, 3.8) is 0 Å². The highest BCUT2D eigenvalue weighted by Crippen LogP contribution is 1.64. The summed E-state index contributed by atoms with van der Waals surface area (Å²) in [6, 6.07) is 0. The fourth-order valence-corrected chi connectivity index (χ4v) is 0.210. The van der Waals surface area contributed by atoms with Crippen molar-refractivity contribution in [3.05, 3.63) is 0 Å². The van der Waals surface area contributed by atoms with E-state index in [1.54, 1.807) is 6.21 Å². The molecule has 0 heterocycles. The van der Waals surface area contributed by atoms with Crippen LogP contribution in [-0.2, 0) is 0 Å². The Hall–Kier alpha value is 0.01000. The minimum atomic E-state index is 0. The van der Waals surface area contributed by atoms with Gasteiger partial charge in [-0.1, -0.05) is 0 Å². The van der Waals surface area contributed by atoms with Gasteiger partial charge in [-0.3, -0.25) is 0 Å². The predicted molar refractivity (Wildman–Crippen MR) is 45.7 cm³/mol. The van der Waals surface area contributed by atoms with E-state index in [1.165, 1.54) is 0 Å². The van der Waals surface area contributed by atoms with E-state index >= 15 is 0 Å². The van der Waals surface area contributed by atoms with Gasteiger partial charge in [0.15, 0.2) is 0 Å². The summed E-state index contributed by atoms with van der Waals surface area (Å²) in [5, 5.41) is 3.31. The van der Waals surface area contributed by atoms with Crippen LogP contribution >= 0.6 is 24.8 Å². The number of nitrogens with two attached hydrogens (primary N) is 1. The molecule has 0 unspecified atom stereocenters. The molecule has 0 atom stereocenters. The Morgan fingerprint density at radius 1 is 1.44 bits per heavy atom. The van der Waals surface area contributed by atoms with Gasteiger partial charge in [-0.15, -0.1) is 24.8 Å². The summed E-state index contributed by atoms with van der Waals surface area (Å²) in [5.41, 5.74) is 0. The first-order chi connectivity index (χ1) is 3.27. The number of hydrogen-bond donors (Lipinski definition) is 1. The fourth-order valence-electron chi connectivity index (χ4n) is 0.210. The minimum Gasteiger partial charge on any atom is -0.324 e. The molecule has 2 N–H and O–H groups in total. The van der Waals surface area contributed by atoms with Crippen molar-refractivity contribution in [2.24, 2.45) is 10.9 Å². The molecule has 0 aliphatic rings. The highest BCUT2D eigenvalue weighted by molar-refractivity contribution is 5.85. The largest absolute Gasteiger partial charge is 0.324 e. The van der Waals surface area contributed by atoms with Gasteiger partial charge in [0.05, 0.1) is 0 Å². The van der Waals surface area contributed by atoms with Crippen LogP contribution < -0.4 is 5.84 Å². The smallest absolute Gasteiger partial charge is 0.0380 e. The first-order valence-electron chi connectivity index (χ1n) is 2.14. The summed E-state index contributed by atoms with van der Waals surface area (Å²) >= 11 is 0. The normalized spacial score (nSPS) is 8.78. The maximum Gasteiger partial charge on any atom is 0.0380 e. The third kappa shape index (κ3) is 18.0. The van der Waals surface area contributed by atoms with Crippen LogP contribution in [0.5, 0.6) is 0 Å². The Morgan fingerprint density at radius 3 is 2.00 bits per heavy atom. The second-order valence-electron chi connectivity index (χ2n) is 1.59. The minimum absolute atomic E-state index is 0. The molecule has 0 saturated heterocycles. The molecule has 0 fully saturated rings. The molecular weight excluding hydrogens is 161 g/mol. The van der Waals surface area contributed by atoms with Crippen molar-refractivity contribution in [2.75, 3.05) is 20.6 Å². The Bertz CT molecular complexity index is 64.8. The van der Waals surface area contributed by atoms with E-state index in [9.17, 15) is 0 Å². The predicted octanol–water partition coefficient (Wildman–Crippen LogP) is 0.336. The van der Waals surface area contributed by atoms with E-state index in [-0.39, 0.29) is 24.8 Å². The lowest BCUT2D eigenvalue weighted by Crippen LogP contribution is -2.14. The zero-order valence-electron chi connectivity index (χ0n) is 5.57. The SMILES string of the molecule is CN(C)CC=NN.Cl.Cl. The molecular formula is C4H13Cl2N3. The lowest BCUT2D eigenvalue weighted by atomic mass is 10.6. The molecule has 9 heavy (non-hydrogen) atoms. The van der Waals surface area contributed by atoms with Crippen LogP contribution in [0, 0.1) is 0 Å². The van der Waals surface area contributed by atoms with Crippen LogP contribution in [0.2, 0.25) is 0 Å². The van der Waals surface area contributed by atoms with Crippen LogP contribution in [-0.4, -0.2) is 31.8 Å². The number of rotatable bonds is 2. The molecule has 0 aromatic rings. The molecule has 5 heteroatoms. The first-order valence-corrected chi connectivity index (χ1v) is 2.14. The van der Waals surface area contributed by atoms with Gasteiger partial charge in [0, 0.05) is 12.8 Å². The van der Waals surface area contributed by atoms with Gasteiger partial charge in [-0.05, 0) is 14.1 Å².